The smallest absolute Gasteiger partial charge is 0.247 e. The number of nitriles is 1. The van der Waals surface area contributed by atoms with E-state index < -0.39 is 6.04 Å². The highest BCUT2D eigenvalue weighted by atomic mass is 16.5. The van der Waals surface area contributed by atoms with Crippen molar-refractivity contribution in [3.63, 3.8) is 0 Å². The number of anilines is 2. The quantitative estimate of drug-likeness (QED) is 0.922. The Morgan fingerprint density at radius 2 is 2.24 bits per heavy atom. The fraction of sp³-hybridized carbons (Fsp3) is 0.222. The maximum absolute atomic E-state index is 12.7. The lowest BCUT2D eigenvalue weighted by Crippen LogP contribution is -2.42. The van der Waals surface area contributed by atoms with Crippen molar-refractivity contribution >= 4 is 23.3 Å². The number of nitrogens with one attached hydrogen (secondary N) is 1. The van der Waals surface area contributed by atoms with Gasteiger partial charge in [0.25, 0.3) is 0 Å². The third-order valence-electron chi connectivity index (χ3n) is 3.97. The number of pyridine rings is 1. The van der Waals surface area contributed by atoms with Crippen LogP contribution >= 0.6 is 0 Å². The molecule has 1 N–H and O–H groups in total. The number of aromatic nitrogens is 1. The van der Waals surface area contributed by atoms with Crippen LogP contribution in [0, 0.1) is 11.3 Å². The Balaban J connectivity index is 1.83. The molecule has 1 atom stereocenters. The largest absolute Gasteiger partial charge is 0.497 e. The van der Waals surface area contributed by atoms with Gasteiger partial charge in [0, 0.05) is 24.4 Å². The number of nitrogens with zero attached hydrogens (tertiary/aromatic N) is 3. The van der Waals surface area contributed by atoms with Crippen LogP contribution < -0.4 is 15.0 Å². The minimum atomic E-state index is -0.667. The van der Waals surface area contributed by atoms with Gasteiger partial charge in [-0.05, 0) is 30.7 Å². The molecule has 7 heteroatoms. The van der Waals surface area contributed by atoms with E-state index in [4.69, 9.17) is 10.00 Å². The van der Waals surface area contributed by atoms with Gasteiger partial charge in [-0.1, -0.05) is 6.07 Å². The third-order valence-corrected chi connectivity index (χ3v) is 3.97. The zero-order valence-corrected chi connectivity index (χ0v) is 13.6. The van der Waals surface area contributed by atoms with E-state index in [1.165, 1.54) is 17.2 Å². The molecule has 0 spiro atoms. The second-order valence-corrected chi connectivity index (χ2v) is 5.55. The highest BCUT2D eigenvalue weighted by Crippen LogP contribution is 2.27. The first-order valence-corrected chi connectivity index (χ1v) is 7.75. The van der Waals surface area contributed by atoms with Gasteiger partial charge < -0.3 is 10.1 Å². The molecular weight excluding hydrogens is 320 g/mol. The topological polar surface area (TPSA) is 95.3 Å². The Morgan fingerprint density at radius 3 is 3.00 bits per heavy atom. The van der Waals surface area contributed by atoms with Gasteiger partial charge in [-0.2, -0.15) is 5.26 Å². The molecule has 0 bridgehead atoms. The van der Waals surface area contributed by atoms with Gasteiger partial charge in [-0.25, -0.2) is 4.98 Å². The summed E-state index contributed by atoms with van der Waals surface area (Å²) in [4.78, 5) is 30.4. The SMILES string of the molecule is COc1cccc(NC(=O)C2CCC(=O)N2c2cc(C#N)ccn2)c1. The molecule has 1 aromatic carbocycles. The van der Waals surface area contributed by atoms with E-state index >= 15 is 0 Å². The maximum atomic E-state index is 12.7. The van der Waals surface area contributed by atoms with Gasteiger partial charge in [0.1, 0.15) is 17.6 Å². The summed E-state index contributed by atoms with van der Waals surface area (Å²) in [6.07, 6.45) is 2.11. The summed E-state index contributed by atoms with van der Waals surface area (Å²) in [5.41, 5.74) is 0.971. The zero-order chi connectivity index (χ0) is 17.8. The zero-order valence-electron chi connectivity index (χ0n) is 13.6. The molecule has 2 aromatic rings. The molecule has 1 saturated heterocycles. The summed E-state index contributed by atoms with van der Waals surface area (Å²) < 4.78 is 5.14. The molecule has 0 radical (unpaired) electrons. The third kappa shape index (κ3) is 3.43. The number of benzene rings is 1. The number of carbonyl (C=O) groups is 2. The summed E-state index contributed by atoms with van der Waals surface area (Å²) in [6, 6.07) is 11.4. The van der Waals surface area contributed by atoms with Crippen LogP contribution in [0.4, 0.5) is 11.5 Å². The van der Waals surface area contributed by atoms with E-state index in [9.17, 15) is 9.59 Å². The maximum Gasteiger partial charge on any atom is 0.247 e. The summed E-state index contributed by atoms with van der Waals surface area (Å²) in [5, 5.41) is 11.8. The first-order chi connectivity index (χ1) is 12.1. The van der Waals surface area contributed by atoms with Crippen LogP contribution in [0.1, 0.15) is 18.4 Å². The minimum Gasteiger partial charge on any atom is -0.497 e. The van der Waals surface area contributed by atoms with Crippen molar-refractivity contribution < 1.29 is 14.3 Å². The number of hydrogen-bond acceptors (Lipinski definition) is 5. The van der Waals surface area contributed by atoms with Crippen LogP contribution in [-0.2, 0) is 9.59 Å². The molecule has 25 heavy (non-hydrogen) atoms. The van der Waals surface area contributed by atoms with Gasteiger partial charge in [0.15, 0.2) is 0 Å². The van der Waals surface area contributed by atoms with Gasteiger partial charge in [-0.3, -0.25) is 14.5 Å². The minimum absolute atomic E-state index is 0.187. The number of methoxy groups -OCH3 is 1. The summed E-state index contributed by atoms with van der Waals surface area (Å²) >= 11 is 0. The van der Waals surface area contributed by atoms with Crippen molar-refractivity contribution in [2.24, 2.45) is 0 Å². The van der Waals surface area contributed by atoms with Crippen LogP contribution in [0.5, 0.6) is 5.75 Å². The van der Waals surface area contributed by atoms with E-state index in [0.717, 1.165) is 0 Å². The second-order valence-electron chi connectivity index (χ2n) is 5.55. The first-order valence-electron chi connectivity index (χ1n) is 7.75. The molecule has 1 aromatic heterocycles. The van der Waals surface area contributed by atoms with Crippen LogP contribution in [-0.4, -0.2) is 29.9 Å². The van der Waals surface area contributed by atoms with Crippen molar-refractivity contribution in [2.45, 2.75) is 18.9 Å². The van der Waals surface area contributed by atoms with E-state index in [2.05, 4.69) is 10.3 Å². The molecule has 3 rings (SSSR count). The first kappa shape index (κ1) is 16.5. The molecular formula is C18H16N4O3. The van der Waals surface area contributed by atoms with Crippen molar-refractivity contribution in [2.75, 3.05) is 17.3 Å². The Bertz CT molecular complexity index is 859. The molecule has 2 amide bonds. The van der Waals surface area contributed by atoms with Gasteiger partial charge in [0.05, 0.1) is 18.7 Å². The lowest BCUT2D eigenvalue weighted by atomic mass is 10.2. The molecule has 0 aliphatic carbocycles. The van der Waals surface area contributed by atoms with Crippen LogP contribution in [0.3, 0.4) is 0 Å². The molecule has 2 heterocycles. The molecule has 1 aliphatic heterocycles. The lowest BCUT2D eigenvalue weighted by Gasteiger charge is -2.23. The van der Waals surface area contributed by atoms with Crippen LogP contribution in [0.15, 0.2) is 42.6 Å². The highest BCUT2D eigenvalue weighted by molar-refractivity contribution is 6.07. The molecule has 1 fully saturated rings. The summed E-state index contributed by atoms with van der Waals surface area (Å²) in [5.74, 6) is 0.449. The van der Waals surface area contributed by atoms with Gasteiger partial charge in [0.2, 0.25) is 11.8 Å². The van der Waals surface area contributed by atoms with E-state index in [-0.39, 0.29) is 18.2 Å². The van der Waals surface area contributed by atoms with Crippen LogP contribution in [0.25, 0.3) is 0 Å². The highest BCUT2D eigenvalue weighted by Gasteiger charge is 2.38. The van der Waals surface area contributed by atoms with E-state index in [1.807, 2.05) is 6.07 Å². The molecule has 0 saturated carbocycles. The van der Waals surface area contributed by atoms with Crippen molar-refractivity contribution in [3.8, 4) is 11.8 Å². The number of amides is 2. The van der Waals surface area contributed by atoms with Crippen molar-refractivity contribution in [1.29, 1.82) is 5.26 Å². The molecule has 1 aliphatic rings. The summed E-state index contributed by atoms with van der Waals surface area (Å²) in [6.45, 7) is 0. The van der Waals surface area contributed by atoms with Crippen molar-refractivity contribution in [1.82, 2.24) is 4.98 Å². The fourth-order valence-electron chi connectivity index (χ4n) is 2.77. The Labute approximate surface area is 144 Å². The predicted octanol–water partition coefficient (Wildman–Crippen LogP) is 2.10. The second kappa shape index (κ2) is 7.01. The molecule has 1 unspecified atom stereocenters. The molecule has 7 nitrogen and oxygen atoms in total. The standard InChI is InChI=1S/C18H16N4O3/c1-25-14-4-2-3-13(10-14)21-18(24)15-5-6-17(23)22(15)16-9-12(11-19)7-8-20-16/h2-4,7-10,15H,5-6H2,1H3,(H,21,24). The lowest BCUT2D eigenvalue weighted by molar-refractivity contribution is -0.120. The monoisotopic (exact) mass is 336 g/mol. The van der Waals surface area contributed by atoms with Crippen LogP contribution in [0.2, 0.25) is 0 Å². The number of rotatable bonds is 4. The summed E-state index contributed by atoms with van der Waals surface area (Å²) in [7, 11) is 1.55. The average Bonchev–Trinajstić information content (AvgIpc) is 3.03. The predicted molar refractivity (Wildman–Crippen MR) is 91.1 cm³/mol. The molecule has 126 valence electrons. The number of ether oxygens (including phenoxy) is 1. The number of carbonyl (C=O) groups excluding carboxylic acids is 2. The van der Waals surface area contributed by atoms with E-state index in [1.54, 1.807) is 37.4 Å². The fourth-order valence-corrected chi connectivity index (χ4v) is 2.77. The van der Waals surface area contributed by atoms with Crippen molar-refractivity contribution in [3.05, 3.63) is 48.2 Å². The van der Waals surface area contributed by atoms with Gasteiger partial charge >= 0.3 is 0 Å². The van der Waals surface area contributed by atoms with E-state index in [0.29, 0.717) is 29.2 Å². The normalized spacial score (nSPS) is 16.4. The average molecular weight is 336 g/mol. The number of hydrogen-bond donors (Lipinski definition) is 1. The Morgan fingerprint density at radius 1 is 1.40 bits per heavy atom. The Kier molecular flexibility index (Phi) is 4.61. The Hall–Kier alpha value is -3.40. The van der Waals surface area contributed by atoms with Gasteiger partial charge in [-0.15, -0.1) is 0 Å².